The summed E-state index contributed by atoms with van der Waals surface area (Å²) in [6, 6.07) is 7.14. The molecule has 4 bridgehead atoms. The van der Waals surface area contributed by atoms with Crippen LogP contribution >= 0.6 is 23.2 Å². The Labute approximate surface area is 135 Å². The molecule has 0 radical (unpaired) electrons. The van der Waals surface area contributed by atoms with Crippen LogP contribution < -0.4 is 0 Å². The molecule has 1 aromatic carbocycles. The van der Waals surface area contributed by atoms with Gasteiger partial charge in [-0.3, -0.25) is 4.90 Å². The highest BCUT2D eigenvalue weighted by Crippen LogP contribution is 2.50. The number of aliphatic hydroxyl groups excluding tert-OH is 1. The van der Waals surface area contributed by atoms with Gasteiger partial charge in [-0.2, -0.15) is 0 Å². The van der Waals surface area contributed by atoms with Gasteiger partial charge in [0.25, 0.3) is 0 Å². The first-order chi connectivity index (χ1) is 10.2. The van der Waals surface area contributed by atoms with Gasteiger partial charge in [0.05, 0.1) is 10.0 Å². The monoisotopic (exact) mass is 323 g/mol. The maximum absolute atomic E-state index is 9.81. The zero-order valence-electron chi connectivity index (χ0n) is 11.8. The predicted octanol–water partition coefficient (Wildman–Crippen LogP) is 3.85. The minimum atomic E-state index is 0.303. The van der Waals surface area contributed by atoms with Crippen LogP contribution in [0.5, 0.6) is 0 Å². The van der Waals surface area contributed by atoms with Gasteiger partial charge >= 0.3 is 0 Å². The van der Waals surface area contributed by atoms with Crippen LogP contribution in [-0.4, -0.2) is 35.2 Å². The van der Waals surface area contributed by atoms with Crippen molar-refractivity contribution >= 4 is 29.3 Å². The molecule has 112 valence electrons. The van der Waals surface area contributed by atoms with Gasteiger partial charge in [-0.25, -0.2) is 0 Å². The smallest absolute Gasteiger partial charge is 0.0598 e. The quantitative estimate of drug-likeness (QED) is 0.893. The van der Waals surface area contributed by atoms with Crippen molar-refractivity contribution in [1.29, 1.82) is 0 Å². The maximum atomic E-state index is 9.81. The fraction of sp³-hybridized carbons (Fsp3) is 0.529. The summed E-state index contributed by atoms with van der Waals surface area (Å²) < 4.78 is 0. The van der Waals surface area contributed by atoms with Crippen molar-refractivity contribution in [2.45, 2.75) is 31.3 Å². The van der Waals surface area contributed by atoms with Gasteiger partial charge < -0.3 is 5.11 Å². The first-order valence-electron chi connectivity index (χ1n) is 7.69. The lowest BCUT2D eigenvalue weighted by molar-refractivity contribution is -0.000634. The topological polar surface area (TPSA) is 23.5 Å². The van der Waals surface area contributed by atoms with E-state index < -0.39 is 0 Å². The van der Waals surface area contributed by atoms with Crippen molar-refractivity contribution < 1.29 is 5.11 Å². The Morgan fingerprint density at radius 1 is 1.24 bits per heavy atom. The van der Waals surface area contributed by atoms with E-state index in [9.17, 15) is 5.11 Å². The minimum absolute atomic E-state index is 0.303. The SMILES string of the molecule is OC[C@H]1C2CC[C@@H]3C[C@@H]1/C(=C/c1ccc(Cl)c(Cl)c1)CN23. The number of piperidine rings is 3. The molecule has 4 fully saturated rings. The second kappa shape index (κ2) is 5.27. The van der Waals surface area contributed by atoms with E-state index in [4.69, 9.17) is 23.2 Å². The van der Waals surface area contributed by atoms with E-state index in [-0.39, 0.29) is 0 Å². The first-order valence-corrected chi connectivity index (χ1v) is 8.45. The van der Waals surface area contributed by atoms with Crippen LogP contribution in [0.3, 0.4) is 0 Å². The van der Waals surface area contributed by atoms with Crippen molar-refractivity contribution in [3.63, 3.8) is 0 Å². The van der Waals surface area contributed by atoms with Crippen LogP contribution in [0.2, 0.25) is 10.0 Å². The molecule has 2 unspecified atom stereocenters. The number of benzene rings is 1. The summed E-state index contributed by atoms with van der Waals surface area (Å²) in [5.74, 6) is 0.943. The lowest BCUT2D eigenvalue weighted by Gasteiger charge is -2.51. The lowest BCUT2D eigenvalue weighted by atomic mass is 9.71. The molecular formula is C17H19Cl2NO. The van der Waals surface area contributed by atoms with Crippen LogP contribution in [0, 0.1) is 11.8 Å². The molecule has 5 atom stereocenters. The maximum Gasteiger partial charge on any atom is 0.0598 e. The van der Waals surface area contributed by atoms with E-state index in [1.165, 1.54) is 24.8 Å². The number of fused-ring (bicyclic) bond motifs is 1. The largest absolute Gasteiger partial charge is 0.396 e. The number of hydrogen-bond donors (Lipinski definition) is 1. The summed E-state index contributed by atoms with van der Waals surface area (Å²) in [5.41, 5.74) is 2.55. The predicted molar refractivity (Wildman–Crippen MR) is 86.6 cm³/mol. The van der Waals surface area contributed by atoms with Crippen molar-refractivity contribution in [3.8, 4) is 0 Å². The first kappa shape index (κ1) is 14.1. The van der Waals surface area contributed by atoms with Gasteiger partial charge in [0.1, 0.15) is 0 Å². The zero-order chi connectivity index (χ0) is 14.6. The van der Waals surface area contributed by atoms with Gasteiger partial charge in [-0.1, -0.05) is 40.9 Å². The molecule has 0 aliphatic carbocycles. The Bertz CT molecular complexity index is 600. The third kappa shape index (κ3) is 2.24. The number of nitrogens with zero attached hydrogens (tertiary/aromatic N) is 1. The molecule has 1 aromatic rings. The molecule has 0 saturated carbocycles. The Balaban J connectivity index is 1.67. The second-order valence-electron chi connectivity index (χ2n) is 6.55. The third-order valence-electron chi connectivity index (χ3n) is 5.58. The third-order valence-corrected chi connectivity index (χ3v) is 6.31. The fourth-order valence-electron chi connectivity index (χ4n) is 4.63. The normalized spacial score (nSPS) is 39.2. The van der Waals surface area contributed by atoms with Crippen LogP contribution in [0.4, 0.5) is 0 Å². The average Bonchev–Trinajstić information content (AvgIpc) is 2.79. The molecule has 4 heteroatoms. The van der Waals surface area contributed by atoms with Gasteiger partial charge in [0.15, 0.2) is 0 Å². The van der Waals surface area contributed by atoms with Crippen molar-refractivity contribution in [2.24, 2.45) is 11.8 Å². The van der Waals surface area contributed by atoms with E-state index in [0.29, 0.717) is 34.5 Å². The molecule has 21 heavy (non-hydrogen) atoms. The Hall–Kier alpha value is -0.540. The van der Waals surface area contributed by atoms with Crippen LogP contribution in [-0.2, 0) is 0 Å². The Morgan fingerprint density at radius 3 is 2.86 bits per heavy atom. The van der Waals surface area contributed by atoms with E-state index in [0.717, 1.165) is 18.2 Å². The number of aliphatic hydroxyl groups is 1. The highest BCUT2D eigenvalue weighted by molar-refractivity contribution is 6.42. The van der Waals surface area contributed by atoms with Crippen LogP contribution in [0.1, 0.15) is 24.8 Å². The van der Waals surface area contributed by atoms with Crippen LogP contribution in [0.15, 0.2) is 23.8 Å². The number of hydrogen-bond acceptors (Lipinski definition) is 2. The Kier molecular flexibility index (Phi) is 3.54. The fourth-order valence-corrected chi connectivity index (χ4v) is 4.94. The van der Waals surface area contributed by atoms with E-state index in [1.807, 2.05) is 18.2 Å². The lowest BCUT2D eigenvalue weighted by Crippen LogP contribution is -2.56. The van der Waals surface area contributed by atoms with Gasteiger partial charge in [-0.05, 0) is 42.9 Å². The van der Waals surface area contributed by atoms with E-state index >= 15 is 0 Å². The van der Waals surface area contributed by atoms with E-state index in [2.05, 4.69) is 11.0 Å². The van der Waals surface area contributed by atoms with Gasteiger partial charge in [0, 0.05) is 31.2 Å². The molecule has 1 N–H and O–H groups in total. The summed E-state index contributed by atoms with van der Waals surface area (Å²) in [5, 5.41) is 11.0. The standard InChI is InChI=1S/C17H19Cl2NO/c18-15-3-1-10(6-16(15)19)5-11-8-20-12-2-4-17(20)14(9-21)13(11)7-12/h1,3,5-6,12-14,17,21H,2,4,7-9H2/b11-5+/t12-,13-,14-,17?/m1/s1. The summed E-state index contributed by atoms with van der Waals surface area (Å²) in [4.78, 5) is 2.62. The molecule has 4 saturated heterocycles. The highest BCUT2D eigenvalue weighted by atomic mass is 35.5. The molecule has 4 aliphatic heterocycles. The highest BCUT2D eigenvalue weighted by Gasteiger charge is 2.51. The molecule has 0 spiro atoms. The molecule has 0 aromatic heterocycles. The van der Waals surface area contributed by atoms with Crippen LogP contribution in [0.25, 0.3) is 6.08 Å². The Morgan fingerprint density at radius 2 is 2.10 bits per heavy atom. The summed E-state index contributed by atoms with van der Waals surface area (Å²) in [7, 11) is 0. The summed E-state index contributed by atoms with van der Waals surface area (Å²) >= 11 is 12.1. The van der Waals surface area contributed by atoms with Crippen molar-refractivity contribution in [3.05, 3.63) is 39.4 Å². The summed E-state index contributed by atoms with van der Waals surface area (Å²) in [6.45, 7) is 1.36. The molecule has 2 nitrogen and oxygen atoms in total. The van der Waals surface area contributed by atoms with Gasteiger partial charge in [0.2, 0.25) is 0 Å². The van der Waals surface area contributed by atoms with E-state index in [1.54, 1.807) is 0 Å². The number of rotatable bonds is 2. The molecular weight excluding hydrogens is 305 g/mol. The minimum Gasteiger partial charge on any atom is -0.396 e. The zero-order valence-corrected chi connectivity index (χ0v) is 13.3. The molecule has 5 rings (SSSR count). The summed E-state index contributed by atoms with van der Waals surface area (Å²) in [6.07, 6.45) is 6.01. The van der Waals surface area contributed by atoms with Gasteiger partial charge in [-0.15, -0.1) is 0 Å². The molecule has 0 amide bonds. The number of halogens is 2. The molecule has 4 aliphatic rings. The molecule has 4 heterocycles. The van der Waals surface area contributed by atoms with Crippen molar-refractivity contribution in [1.82, 2.24) is 4.90 Å². The average molecular weight is 324 g/mol. The second-order valence-corrected chi connectivity index (χ2v) is 7.37. The van der Waals surface area contributed by atoms with Crippen molar-refractivity contribution in [2.75, 3.05) is 13.2 Å².